The van der Waals surface area contributed by atoms with E-state index in [0.29, 0.717) is 5.56 Å². The maximum Gasteiger partial charge on any atom is 0.0991 e. The van der Waals surface area contributed by atoms with Crippen LogP contribution < -0.4 is 0 Å². The molecule has 0 unspecified atom stereocenters. The number of rotatable bonds is 3. The molecule has 1 nitrogen and oxygen atoms in total. The van der Waals surface area contributed by atoms with Crippen LogP contribution in [-0.2, 0) is 6.42 Å². The zero-order valence-corrected chi connectivity index (χ0v) is 9.51. The van der Waals surface area contributed by atoms with Crippen molar-refractivity contribution < 1.29 is 0 Å². The third-order valence-electron chi connectivity index (χ3n) is 2.55. The van der Waals surface area contributed by atoms with E-state index in [2.05, 4.69) is 30.4 Å². The van der Waals surface area contributed by atoms with Gasteiger partial charge in [-0.1, -0.05) is 54.6 Å². The smallest absolute Gasteiger partial charge is 0.0991 e. The van der Waals surface area contributed by atoms with Gasteiger partial charge in [-0.15, -0.1) is 0 Å². The summed E-state index contributed by atoms with van der Waals surface area (Å²) >= 11 is 0. The second-order valence-corrected chi connectivity index (χ2v) is 3.83. The highest BCUT2D eigenvalue weighted by Crippen LogP contribution is 2.07. The third kappa shape index (κ3) is 3.32. The number of hydrogen-bond acceptors (Lipinski definition) is 1. The Kier molecular flexibility index (Phi) is 3.72. The lowest BCUT2D eigenvalue weighted by Crippen LogP contribution is -1.81. The van der Waals surface area contributed by atoms with E-state index in [1.54, 1.807) is 0 Å². The summed E-state index contributed by atoms with van der Waals surface area (Å²) in [5.41, 5.74) is 3.14. The Morgan fingerprint density at radius 2 is 1.65 bits per heavy atom. The van der Waals surface area contributed by atoms with Crippen LogP contribution in [0.2, 0.25) is 0 Å². The monoisotopic (exact) mass is 219 g/mol. The van der Waals surface area contributed by atoms with Crippen molar-refractivity contribution >= 4 is 6.08 Å². The molecule has 0 atom stereocenters. The lowest BCUT2D eigenvalue weighted by Gasteiger charge is -1.96. The molecule has 0 spiro atoms. The van der Waals surface area contributed by atoms with Crippen LogP contribution in [0.4, 0.5) is 0 Å². The minimum Gasteiger partial charge on any atom is -0.192 e. The molecule has 2 aromatic rings. The molecular weight excluding hydrogens is 206 g/mol. The van der Waals surface area contributed by atoms with Crippen LogP contribution in [0.3, 0.4) is 0 Å². The molecule has 0 aliphatic rings. The first-order valence-electron chi connectivity index (χ1n) is 5.59. The van der Waals surface area contributed by atoms with Crippen molar-refractivity contribution in [2.24, 2.45) is 0 Å². The van der Waals surface area contributed by atoms with Gasteiger partial charge in [-0.3, -0.25) is 0 Å². The van der Waals surface area contributed by atoms with Gasteiger partial charge in [0, 0.05) is 0 Å². The van der Waals surface area contributed by atoms with E-state index in [-0.39, 0.29) is 0 Å². The van der Waals surface area contributed by atoms with Gasteiger partial charge in [0.2, 0.25) is 0 Å². The topological polar surface area (TPSA) is 23.8 Å². The Morgan fingerprint density at radius 3 is 2.29 bits per heavy atom. The van der Waals surface area contributed by atoms with Gasteiger partial charge >= 0.3 is 0 Å². The first kappa shape index (κ1) is 11.2. The van der Waals surface area contributed by atoms with Crippen LogP contribution in [0, 0.1) is 11.3 Å². The maximum atomic E-state index is 8.69. The molecule has 17 heavy (non-hydrogen) atoms. The molecule has 2 rings (SSSR count). The van der Waals surface area contributed by atoms with Gasteiger partial charge in [0.15, 0.2) is 0 Å². The number of benzene rings is 2. The Labute approximate surface area is 102 Å². The van der Waals surface area contributed by atoms with Crippen molar-refractivity contribution in [2.75, 3.05) is 0 Å². The predicted molar refractivity (Wildman–Crippen MR) is 70.3 cm³/mol. The minimum atomic E-state index is 0.709. The van der Waals surface area contributed by atoms with Crippen LogP contribution in [0.25, 0.3) is 6.08 Å². The molecule has 0 radical (unpaired) electrons. The standard InChI is InChI=1S/C16H13N/c17-13-16-11-9-15(10-12-16)8-4-7-14-5-2-1-3-6-14/h1-7,9-12H,8H2/b7-4+. The summed E-state index contributed by atoms with van der Waals surface area (Å²) in [5.74, 6) is 0. The molecule has 0 heterocycles. The van der Waals surface area contributed by atoms with E-state index in [1.165, 1.54) is 11.1 Å². The highest BCUT2D eigenvalue weighted by molar-refractivity contribution is 5.49. The summed E-state index contributed by atoms with van der Waals surface area (Å²) in [7, 11) is 0. The highest BCUT2D eigenvalue weighted by atomic mass is 14.2. The second kappa shape index (κ2) is 5.67. The van der Waals surface area contributed by atoms with Crippen LogP contribution >= 0.6 is 0 Å². The fourth-order valence-corrected chi connectivity index (χ4v) is 1.61. The quantitative estimate of drug-likeness (QED) is 0.770. The number of hydrogen-bond donors (Lipinski definition) is 0. The van der Waals surface area contributed by atoms with Crippen molar-refractivity contribution in [1.29, 1.82) is 5.26 Å². The van der Waals surface area contributed by atoms with Gasteiger partial charge in [-0.2, -0.15) is 5.26 Å². The van der Waals surface area contributed by atoms with Crippen molar-refractivity contribution in [3.63, 3.8) is 0 Å². The average Bonchev–Trinajstić information content (AvgIpc) is 2.41. The summed E-state index contributed by atoms with van der Waals surface area (Å²) < 4.78 is 0. The maximum absolute atomic E-state index is 8.69. The van der Waals surface area contributed by atoms with Gasteiger partial charge in [0.25, 0.3) is 0 Å². The molecular formula is C16H13N. The van der Waals surface area contributed by atoms with Crippen LogP contribution in [0.1, 0.15) is 16.7 Å². The van der Waals surface area contributed by atoms with Gasteiger partial charge < -0.3 is 0 Å². The van der Waals surface area contributed by atoms with E-state index >= 15 is 0 Å². The van der Waals surface area contributed by atoms with Crippen molar-refractivity contribution in [3.8, 4) is 6.07 Å². The Balaban J connectivity index is 1.98. The molecule has 0 N–H and O–H groups in total. The van der Waals surface area contributed by atoms with E-state index in [0.717, 1.165) is 6.42 Å². The average molecular weight is 219 g/mol. The Hall–Kier alpha value is -2.33. The van der Waals surface area contributed by atoms with E-state index in [1.807, 2.05) is 42.5 Å². The molecule has 0 aliphatic carbocycles. The number of nitrogens with zero attached hydrogens (tertiary/aromatic N) is 1. The van der Waals surface area contributed by atoms with Crippen molar-refractivity contribution in [1.82, 2.24) is 0 Å². The molecule has 1 heteroatoms. The first-order chi connectivity index (χ1) is 8.38. The Morgan fingerprint density at radius 1 is 0.941 bits per heavy atom. The zero-order valence-electron chi connectivity index (χ0n) is 9.51. The summed E-state index contributed by atoms with van der Waals surface area (Å²) in [4.78, 5) is 0. The molecule has 0 fully saturated rings. The minimum absolute atomic E-state index is 0.709. The van der Waals surface area contributed by atoms with Crippen molar-refractivity contribution in [3.05, 3.63) is 77.4 Å². The zero-order chi connectivity index (χ0) is 11.9. The van der Waals surface area contributed by atoms with Crippen LogP contribution in [0.5, 0.6) is 0 Å². The second-order valence-electron chi connectivity index (χ2n) is 3.83. The molecule has 0 aromatic heterocycles. The summed E-state index contributed by atoms with van der Waals surface area (Å²) in [6.07, 6.45) is 5.13. The first-order valence-corrected chi connectivity index (χ1v) is 5.59. The summed E-state index contributed by atoms with van der Waals surface area (Å²) in [6, 6.07) is 20.0. The van der Waals surface area contributed by atoms with Gasteiger partial charge in [0.1, 0.15) is 0 Å². The molecule has 0 saturated carbocycles. The lowest BCUT2D eigenvalue weighted by molar-refractivity contribution is 1.27. The number of nitriles is 1. The van der Waals surface area contributed by atoms with E-state index in [9.17, 15) is 0 Å². The molecule has 82 valence electrons. The van der Waals surface area contributed by atoms with Gasteiger partial charge in [-0.05, 0) is 29.7 Å². The molecule has 0 aliphatic heterocycles. The van der Waals surface area contributed by atoms with Crippen LogP contribution in [-0.4, -0.2) is 0 Å². The fourth-order valence-electron chi connectivity index (χ4n) is 1.61. The third-order valence-corrected chi connectivity index (χ3v) is 2.55. The van der Waals surface area contributed by atoms with E-state index < -0.39 is 0 Å². The normalized spacial score (nSPS) is 10.3. The van der Waals surface area contributed by atoms with E-state index in [4.69, 9.17) is 5.26 Å². The molecule has 2 aromatic carbocycles. The lowest BCUT2D eigenvalue weighted by atomic mass is 10.1. The van der Waals surface area contributed by atoms with Gasteiger partial charge in [-0.25, -0.2) is 0 Å². The highest BCUT2D eigenvalue weighted by Gasteiger charge is 1.91. The molecule has 0 bridgehead atoms. The Bertz CT molecular complexity index is 530. The summed E-state index contributed by atoms with van der Waals surface area (Å²) in [5, 5.41) is 8.69. The largest absolute Gasteiger partial charge is 0.192 e. The molecule has 0 saturated heterocycles. The van der Waals surface area contributed by atoms with Crippen molar-refractivity contribution in [2.45, 2.75) is 6.42 Å². The van der Waals surface area contributed by atoms with Crippen LogP contribution in [0.15, 0.2) is 60.7 Å². The predicted octanol–water partition coefficient (Wildman–Crippen LogP) is 3.81. The van der Waals surface area contributed by atoms with Gasteiger partial charge in [0.05, 0.1) is 11.6 Å². The summed E-state index contributed by atoms with van der Waals surface area (Å²) in [6.45, 7) is 0. The molecule has 0 amide bonds. The number of allylic oxidation sites excluding steroid dienone is 1. The SMILES string of the molecule is N#Cc1ccc(C/C=C/c2ccccc2)cc1. The fraction of sp³-hybridized carbons (Fsp3) is 0.0625.